The fourth-order valence-electron chi connectivity index (χ4n) is 3.90. The highest BCUT2D eigenvalue weighted by atomic mass is 35.5. The van der Waals surface area contributed by atoms with Gasteiger partial charge in [-0.15, -0.1) is 12.4 Å². The number of halogens is 1. The van der Waals surface area contributed by atoms with E-state index in [1.54, 1.807) is 12.1 Å². The zero-order valence-electron chi connectivity index (χ0n) is 13.5. The summed E-state index contributed by atoms with van der Waals surface area (Å²) in [5, 5.41) is 13.7. The molecule has 2 fully saturated rings. The molecular weight excluding hydrogens is 334 g/mol. The van der Waals surface area contributed by atoms with Crippen molar-refractivity contribution in [2.45, 2.75) is 37.6 Å². The van der Waals surface area contributed by atoms with Crippen molar-refractivity contribution in [3.63, 3.8) is 0 Å². The average Bonchev–Trinajstić information content (AvgIpc) is 3.07. The van der Waals surface area contributed by atoms with Gasteiger partial charge in [0.2, 0.25) is 0 Å². The number of nitrogens with zero attached hydrogens (tertiary/aromatic N) is 2. The molecular formula is C16H24ClN3O4. The summed E-state index contributed by atoms with van der Waals surface area (Å²) >= 11 is 0. The minimum atomic E-state index is -0.481. The fourth-order valence-corrected chi connectivity index (χ4v) is 3.90. The lowest BCUT2D eigenvalue weighted by Gasteiger charge is -2.32. The Morgan fingerprint density at radius 2 is 1.96 bits per heavy atom. The molecule has 2 aliphatic rings. The molecule has 2 aliphatic heterocycles. The number of nitrogens with one attached hydrogen (secondary N) is 1. The van der Waals surface area contributed by atoms with Gasteiger partial charge < -0.3 is 10.8 Å². The SMILES string of the molecule is Cl.O.O=C(NCCC12CCCN1CCC2)c1cccc([N+](=O)[O-])c1. The second-order valence-electron chi connectivity index (χ2n) is 6.23. The number of non-ortho nitro benzene ring substituents is 1. The normalized spacial score (nSPS) is 18.2. The monoisotopic (exact) mass is 357 g/mol. The summed E-state index contributed by atoms with van der Waals surface area (Å²) in [4.78, 5) is 25.0. The molecule has 0 atom stereocenters. The molecule has 2 saturated heterocycles. The maximum Gasteiger partial charge on any atom is 0.270 e. The van der Waals surface area contributed by atoms with Gasteiger partial charge in [-0.3, -0.25) is 19.8 Å². The molecule has 3 N–H and O–H groups in total. The third-order valence-electron chi connectivity index (χ3n) is 5.01. The van der Waals surface area contributed by atoms with Crippen LogP contribution in [0.2, 0.25) is 0 Å². The van der Waals surface area contributed by atoms with Gasteiger partial charge in [0.1, 0.15) is 0 Å². The smallest absolute Gasteiger partial charge is 0.270 e. The van der Waals surface area contributed by atoms with E-state index in [2.05, 4.69) is 10.2 Å². The lowest BCUT2D eigenvalue weighted by Crippen LogP contribution is -2.41. The van der Waals surface area contributed by atoms with Crippen molar-refractivity contribution < 1.29 is 15.2 Å². The van der Waals surface area contributed by atoms with Crippen LogP contribution in [0.15, 0.2) is 24.3 Å². The molecule has 7 nitrogen and oxygen atoms in total. The van der Waals surface area contributed by atoms with E-state index in [0.717, 1.165) is 6.42 Å². The number of nitro benzene ring substituents is 1. The minimum absolute atomic E-state index is 0. The van der Waals surface area contributed by atoms with Gasteiger partial charge in [-0.1, -0.05) is 6.07 Å². The van der Waals surface area contributed by atoms with E-state index in [-0.39, 0.29) is 35.0 Å². The van der Waals surface area contributed by atoms with Crippen LogP contribution in [0, 0.1) is 10.1 Å². The first-order valence-electron chi connectivity index (χ1n) is 7.88. The third-order valence-corrected chi connectivity index (χ3v) is 5.01. The van der Waals surface area contributed by atoms with Crippen molar-refractivity contribution in [2.75, 3.05) is 19.6 Å². The van der Waals surface area contributed by atoms with Gasteiger partial charge in [0.05, 0.1) is 4.92 Å². The number of nitro groups is 1. The molecule has 2 heterocycles. The zero-order valence-corrected chi connectivity index (χ0v) is 14.3. The second kappa shape index (κ2) is 8.41. The highest BCUT2D eigenvalue weighted by Crippen LogP contribution is 2.40. The van der Waals surface area contributed by atoms with Crippen molar-refractivity contribution in [3.8, 4) is 0 Å². The Morgan fingerprint density at radius 1 is 1.29 bits per heavy atom. The molecule has 0 saturated carbocycles. The predicted molar refractivity (Wildman–Crippen MR) is 93.7 cm³/mol. The largest absolute Gasteiger partial charge is 0.412 e. The standard InChI is InChI=1S/C16H21N3O3.ClH.H2O/c20-15(13-4-1-5-14(12-13)19(21)22)17-9-8-16-6-2-10-18(16)11-3-7-16;;/h1,4-5,12H,2-3,6-11H2,(H,17,20);1H;1H2. The van der Waals surface area contributed by atoms with Crippen LogP contribution in [-0.2, 0) is 0 Å². The van der Waals surface area contributed by atoms with Crippen LogP contribution in [0.1, 0.15) is 42.5 Å². The molecule has 1 aromatic carbocycles. The van der Waals surface area contributed by atoms with Crippen LogP contribution in [-0.4, -0.2) is 46.4 Å². The lowest BCUT2D eigenvalue weighted by atomic mass is 9.90. The van der Waals surface area contributed by atoms with Crippen LogP contribution in [0.3, 0.4) is 0 Å². The topological polar surface area (TPSA) is 107 Å². The first-order chi connectivity index (χ1) is 10.6. The maximum absolute atomic E-state index is 12.1. The van der Waals surface area contributed by atoms with Crippen LogP contribution in [0.5, 0.6) is 0 Å². The average molecular weight is 358 g/mol. The Hall–Kier alpha value is -1.70. The van der Waals surface area contributed by atoms with Gasteiger partial charge in [0.15, 0.2) is 0 Å². The van der Waals surface area contributed by atoms with Crippen molar-refractivity contribution in [1.82, 2.24) is 10.2 Å². The third kappa shape index (κ3) is 4.03. The van der Waals surface area contributed by atoms with Crippen molar-refractivity contribution in [2.24, 2.45) is 0 Å². The molecule has 1 amide bonds. The van der Waals surface area contributed by atoms with Gasteiger partial charge in [0.25, 0.3) is 11.6 Å². The van der Waals surface area contributed by atoms with E-state index in [9.17, 15) is 14.9 Å². The van der Waals surface area contributed by atoms with E-state index < -0.39 is 4.92 Å². The van der Waals surface area contributed by atoms with E-state index in [4.69, 9.17) is 0 Å². The van der Waals surface area contributed by atoms with E-state index >= 15 is 0 Å². The van der Waals surface area contributed by atoms with E-state index in [1.807, 2.05) is 0 Å². The van der Waals surface area contributed by atoms with Gasteiger partial charge >= 0.3 is 0 Å². The predicted octanol–water partition coefficient (Wildman–Crippen LogP) is 1.94. The summed E-state index contributed by atoms with van der Waals surface area (Å²) in [6.45, 7) is 2.98. The number of carbonyl (C=O) groups excluding carboxylic acids is 1. The molecule has 0 spiro atoms. The number of benzene rings is 1. The molecule has 0 bridgehead atoms. The summed E-state index contributed by atoms with van der Waals surface area (Å²) in [6.07, 6.45) is 5.91. The Bertz CT molecular complexity index is 586. The molecule has 0 radical (unpaired) electrons. The molecule has 0 unspecified atom stereocenters. The lowest BCUT2D eigenvalue weighted by molar-refractivity contribution is -0.384. The van der Waals surface area contributed by atoms with Crippen molar-refractivity contribution in [3.05, 3.63) is 39.9 Å². The first-order valence-corrected chi connectivity index (χ1v) is 7.88. The van der Waals surface area contributed by atoms with Crippen LogP contribution >= 0.6 is 12.4 Å². The summed E-state index contributed by atoms with van der Waals surface area (Å²) in [5.74, 6) is -0.234. The highest BCUT2D eigenvalue weighted by Gasteiger charge is 2.43. The molecule has 134 valence electrons. The fraction of sp³-hybridized carbons (Fsp3) is 0.562. The number of amides is 1. The zero-order chi connectivity index (χ0) is 15.6. The Balaban J connectivity index is 0.00000144. The molecule has 1 aromatic rings. The Kier molecular flexibility index (Phi) is 7.13. The van der Waals surface area contributed by atoms with Gasteiger partial charge in [-0.25, -0.2) is 0 Å². The van der Waals surface area contributed by atoms with Crippen molar-refractivity contribution >= 4 is 24.0 Å². The molecule has 8 heteroatoms. The second-order valence-corrected chi connectivity index (χ2v) is 6.23. The van der Waals surface area contributed by atoms with Gasteiger partial charge in [0, 0.05) is 29.8 Å². The summed E-state index contributed by atoms with van der Waals surface area (Å²) in [6, 6.07) is 5.87. The molecule has 24 heavy (non-hydrogen) atoms. The number of hydrogen-bond donors (Lipinski definition) is 1. The molecule has 3 rings (SSSR count). The highest BCUT2D eigenvalue weighted by molar-refractivity contribution is 5.94. The summed E-state index contributed by atoms with van der Waals surface area (Å²) in [7, 11) is 0. The Labute approximate surface area is 147 Å². The van der Waals surface area contributed by atoms with E-state index in [1.165, 1.54) is 50.9 Å². The number of fused-ring (bicyclic) bond motifs is 1. The molecule has 0 aromatic heterocycles. The Morgan fingerprint density at radius 3 is 2.58 bits per heavy atom. The van der Waals surface area contributed by atoms with Gasteiger partial charge in [-0.05, 0) is 51.3 Å². The first kappa shape index (κ1) is 20.3. The number of rotatable bonds is 5. The van der Waals surface area contributed by atoms with Crippen LogP contribution in [0.25, 0.3) is 0 Å². The van der Waals surface area contributed by atoms with Crippen LogP contribution < -0.4 is 5.32 Å². The molecule has 0 aliphatic carbocycles. The van der Waals surface area contributed by atoms with Gasteiger partial charge in [-0.2, -0.15) is 0 Å². The summed E-state index contributed by atoms with van der Waals surface area (Å²) < 4.78 is 0. The quantitative estimate of drug-likeness (QED) is 0.641. The van der Waals surface area contributed by atoms with Crippen molar-refractivity contribution in [1.29, 1.82) is 0 Å². The number of hydrogen-bond acceptors (Lipinski definition) is 4. The van der Waals surface area contributed by atoms with E-state index in [0.29, 0.717) is 12.1 Å². The minimum Gasteiger partial charge on any atom is -0.412 e. The maximum atomic E-state index is 12.1. The summed E-state index contributed by atoms with van der Waals surface area (Å²) in [5.41, 5.74) is 0.584. The number of carbonyl (C=O) groups is 1. The van der Waals surface area contributed by atoms with Crippen LogP contribution in [0.4, 0.5) is 5.69 Å².